The van der Waals surface area contributed by atoms with E-state index in [0.717, 1.165) is 5.41 Å². The van der Waals surface area contributed by atoms with Gasteiger partial charge in [-0.3, -0.25) is 4.79 Å². The van der Waals surface area contributed by atoms with Gasteiger partial charge in [-0.15, -0.1) is 0 Å². The Labute approximate surface area is 185 Å². The maximum Gasteiger partial charge on any atom is 0.322 e. The van der Waals surface area contributed by atoms with Crippen LogP contribution >= 0.6 is 0 Å². The molecule has 0 bridgehead atoms. The number of benzene rings is 2. The quantitative estimate of drug-likeness (QED) is 0.528. The summed E-state index contributed by atoms with van der Waals surface area (Å²) in [7, 11) is -2.52. The largest absolute Gasteiger partial charge is 0.496 e. The highest BCUT2D eigenvalue weighted by Gasteiger charge is 2.15. The summed E-state index contributed by atoms with van der Waals surface area (Å²) in [5.41, 5.74) is 0.798. The smallest absolute Gasteiger partial charge is 0.322 e. The number of nitrogens with one attached hydrogen (secondary N) is 1. The van der Waals surface area contributed by atoms with Crippen LogP contribution in [0.25, 0.3) is 6.08 Å². The second-order valence-electron chi connectivity index (χ2n) is 6.24. The zero-order chi connectivity index (χ0) is 25.5. The van der Waals surface area contributed by atoms with Gasteiger partial charge in [-0.1, -0.05) is 6.07 Å². The van der Waals surface area contributed by atoms with Crippen molar-refractivity contribution in [3.05, 3.63) is 46.9 Å². The zero-order valence-corrected chi connectivity index (χ0v) is 18.0. The molecule has 168 valence electrons. The Morgan fingerprint density at radius 3 is 2.32 bits per heavy atom. The summed E-state index contributed by atoms with van der Waals surface area (Å²) in [5.74, 6) is -0.889. The molecule has 9 nitrogen and oxygen atoms in total. The lowest BCUT2D eigenvalue weighted by Crippen LogP contribution is -2.13. The van der Waals surface area contributed by atoms with Crippen LogP contribution < -0.4 is 24.3 Å². The second kappa shape index (κ2) is 10.6. The molecule has 31 heavy (non-hydrogen) atoms. The Bertz CT molecular complexity index is 1160. The summed E-state index contributed by atoms with van der Waals surface area (Å²) in [6, 6.07) is 7.30. The molecule has 0 saturated heterocycles. The van der Waals surface area contributed by atoms with Crippen molar-refractivity contribution >= 4 is 27.6 Å². The minimum atomic E-state index is -3.85. The van der Waals surface area contributed by atoms with Gasteiger partial charge in [0.1, 0.15) is 29.5 Å². The third-order valence-electron chi connectivity index (χ3n) is 4.15. The molecule has 2 rings (SSSR count). The molecule has 0 aliphatic carbocycles. The van der Waals surface area contributed by atoms with E-state index >= 15 is 0 Å². The monoisotopic (exact) mass is 454 g/mol. The van der Waals surface area contributed by atoms with Crippen molar-refractivity contribution in [2.24, 2.45) is 0 Å². The van der Waals surface area contributed by atoms with Gasteiger partial charge in [-0.05, 0) is 23.8 Å². The van der Waals surface area contributed by atoms with E-state index in [9.17, 15) is 13.2 Å². The van der Waals surface area contributed by atoms with Crippen LogP contribution in [0.15, 0.2) is 35.7 Å². The Kier molecular flexibility index (Phi) is 6.67. The fourth-order valence-electron chi connectivity index (χ4n) is 2.72. The molecule has 2 aromatic rings. The zero-order valence-electron chi connectivity index (χ0n) is 20.2. The van der Waals surface area contributed by atoms with Crippen LogP contribution in [0.4, 0.5) is 5.69 Å². The number of sulfone groups is 1. The average Bonchev–Trinajstić information content (AvgIpc) is 2.75. The van der Waals surface area contributed by atoms with Gasteiger partial charge in [0, 0.05) is 17.5 Å². The number of rotatable bonds is 11. The van der Waals surface area contributed by atoms with Crippen LogP contribution in [0.2, 0.25) is 0 Å². The highest BCUT2D eigenvalue weighted by molar-refractivity contribution is 7.93. The first-order valence-corrected chi connectivity index (χ1v) is 10.6. The number of hydrogen-bond donors (Lipinski definition) is 2. The van der Waals surface area contributed by atoms with Crippen LogP contribution in [0.3, 0.4) is 0 Å². The maximum atomic E-state index is 12.8. The predicted molar refractivity (Wildman–Crippen MR) is 117 cm³/mol. The third-order valence-corrected chi connectivity index (χ3v) is 5.43. The Hall–Kier alpha value is -3.40. The van der Waals surface area contributed by atoms with Gasteiger partial charge in [-0.2, -0.15) is 0 Å². The Morgan fingerprint density at radius 1 is 1.06 bits per heavy atom. The predicted octanol–water partition coefficient (Wildman–Crippen LogP) is 2.80. The molecule has 0 fully saturated rings. The summed E-state index contributed by atoms with van der Waals surface area (Å²) in [6.45, 7) is -0.379. The molecule has 0 amide bonds. The van der Waals surface area contributed by atoms with E-state index in [-0.39, 0.29) is 29.4 Å². The number of carboxylic acids is 1. The molecule has 0 heterocycles. The van der Waals surface area contributed by atoms with Crippen molar-refractivity contribution < 1.29 is 41.4 Å². The summed E-state index contributed by atoms with van der Waals surface area (Å²) in [4.78, 5) is 10.8. The summed E-state index contributed by atoms with van der Waals surface area (Å²) in [6.07, 6.45) is 1.18. The number of carboxylic acid groups (broad SMARTS) is 1. The van der Waals surface area contributed by atoms with Crippen molar-refractivity contribution in [3.8, 4) is 23.0 Å². The second-order valence-corrected chi connectivity index (χ2v) is 8.12. The summed E-state index contributed by atoms with van der Waals surface area (Å²) < 4.78 is 68.2. The van der Waals surface area contributed by atoms with Gasteiger partial charge < -0.3 is 29.4 Å². The fraction of sp³-hybridized carbons (Fsp3) is 0.286. The van der Waals surface area contributed by atoms with E-state index in [1.165, 1.54) is 57.7 Å². The van der Waals surface area contributed by atoms with E-state index in [0.29, 0.717) is 17.0 Å². The normalized spacial score (nSPS) is 13.1. The number of anilines is 1. The molecule has 0 aliphatic heterocycles. The van der Waals surface area contributed by atoms with E-state index in [4.69, 9.17) is 28.2 Å². The molecular formula is C21H25NO8S. The number of methoxy groups -OCH3 is 4. The molecule has 0 atom stereocenters. The molecular weight excluding hydrogens is 426 g/mol. The Morgan fingerprint density at radius 2 is 1.74 bits per heavy atom. The van der Waals surface area contributed by atoms with E-state index in [1.54, 1.807) is 0 Å². The van der Waals surface area contributed by atoms with Crippen molar-refractivity contribution in [2.75, 3.05) is 40.2 Å². The van der Waals surface area contributed by atoms with Gasteiger partial charge in [0.05, 0.1) is 49.5 Å². The first-order chi connectivity index (χ1) is 15.9. The molecule has 2 N–H and O–H groups in total. The van der Waals surface area contributed by atoms with Crippen LogP contribution in [0.5, 0.6) is 23.0 Å². The number of hydrogen-bond acceptors (Lipinski definition) is 8. The molecule has 2 aromatic carbocycles. The van der Waals surface area contributed by atoms with Crippen molar-refractivity contribution in [1.82, 2.24) is 0 Å². The van der Waals surface area contributed by atoms with Gasteiger partial charge in [-0.25, -0.2) is 8.42 Å². The van der Waals surface area contributed by atoms with E-state index in [1.807, 2.05) is 0 Å². The lowest BCUT2D eigenvalue weighted by atomic mass is 10.1. The first kappa shape index (κ1) is 19.6. The molecule has 0 spiro atoms. The molecule has 0 saturated carbocycles. The van der Waals surface area contributed by atoms with Gasteiger partial charge in [0.25, 0.3) is 0 Å². The molecule has 0 aliphatic rings. The number of aliphatic carboxylic acids is 1. The lowest BCUT2D eigenvalue weighted by molar-refractivity contribution is -0.134. The van der Waals surface area contributed by atoms with Gasteiger partial charge in [0.2, 0.25) is 0 Å². The fourth-order valence-corrected chi connectivity index (χ4v) is 3.80. The molecule has 0 radical (unpaired) electrons. The van der Waals surface area contributed by atoms with E-state index in [2.05, 4.69) is 5.32 Å². The van der Waals surface area contributed by atoms with Crippen molar-refractivity contribution in [2.45, 2.75) is 5.75 Å². The molecule has 0 unspecified atom stereocenters. The summed E-state index contributed by atoms with van der Waals surface area (Å²) >= 11 is 0. The van der Waals surface area contributed by atoms with Crippen LogP contribution in [0, 0.1) is 0 Å². The van der Waals surface area contributed by atoms with Crippen molar-refractivity contribution in [3.63, 3.8) is 0 Å². The molecule has 10 heteroatoms. The highest BCUT2D eigenvalue weighted by Crippen LogP contribution is 2.35. The number of ether oxygens (including phenoxy) is 4. The number of carbonyl (C=O) groups is 1. The van der Waals surface area contributed by atoms with Gasteiger partial charge in [0.15, 0.2) is 9.84 Å². The average molecular weight is 455 g/mol. The lowest BCUT2D eigenvalue weighted by Gasteiger charge is -2.13. The van der Waals surface area contributed by atoms with Crippen LogP contribution in [0.1, 0.15) is 15.2 Å². The minimum Gasteiger partial charge on any atom is -0.496 e. The van der Waals surface area contributed by atoms with Crippen molar-refractivity contribution in [1.29, 1.82) is 0 Å². The standard InChI is InChI=1S/C21H25NO8S/c1-27-15-10-19(29-3)16(20(11-15)30-4)7-8-31(25,26)13-14-5-6-18(28-2)17(9-14)22-12-21(23)24/h5-11,22H,12-13H2,1-4H3,(H,23,24)/b8-7+/i3D3. The van der Waals surface area contributed by atoms with E-state index < -0.39 is 28.6 Å². The SMILES string of the molecule is [2H]C([2H])([2H])Oc1cc(OC)cc(OC)c1/C=C/S(=O)(=O)Cc1ccc(OC)c(NCC(=O)O)c1. The Balaban J connectivity index is 2.38. The highest BCUT2D eigenvalue weighted by atomic mass is 32.2. The van der Waals surface area contributed by atoms with Gasteiger partial charge >= 0.3 is 5.97 Å². The summed E-state index contributed by atoms with van der Waals surface area (Å²) in [5, 5.41) is 12.5. The first-order valence-electron chi connectivity index (χ1n) is 10.4. The molecule has 0 aromatic heterocycles. The maximum absolute atomic E-state index is 12.8. The third kappa shape index (κ3) is 6.54. The van der Waals surface area contributed by atoms with Crippen LogP contribution in [-0.4, -0.2) is 54.4 Å². The van der Waals surface area contributed by atoms with Crippen LogP contribution in [-0.2, 0) is 20.4 Å². The topological polar surface area (TPSA) is 120 Å². The minimum absolute atomic E-state index is 0.0987.